The monoisotopic (exact) mass is 376 g/mol. The standard InChI is InChI=1S/C16H16N6O3.ClH/c17-16(8-1-2-9-16)15-18-14(25-20-15)13-7-10-21(19-13)11-3-5-12(6-4-11)22(23)24;/h3-7,10H,1-2,8-9,17H2;1H. The first-order valence-corrected chi connectivity index (χ1v) is 7.99. The number of nitrogens with zero attached hydrogens (tertiary/aromatic N) is 5. The normalized spacial score (nSPS) is 15.6. The highest BCUT2D eigenvalue weighted by Crippen LogP contribution is 2.35. The molecule has 2 heterocycles. The Hall–Kier alpha value is -2.78. The quantitative estimate of drug-likeness (QED) is 0.547. The molecule has 0 saturated heterocycles. The highest BCUT2D eigenvalue weighted by atomic mass is 35.5. The second-order valence-corrected chi connectivity index (χ2v) is 6.21. The molecule has 2 N–H and O–H groups in total. The minimum absolute atomic E-state index is 0. The third-order valence-electron chi connectivity index (χ3n) is 4.50. The van der Waals surface area contributed by atoms with Gasteiger partial charge in [0.05, 0.1) is 16.1 Å². The summed E-state index contributed by atoms with van der Waals surface area (Å²) in [5, 5.41) is 19.1. The average Bonchev–Trinajstić information content (AvgIpc) is 3.35. The fraction of sp³-hybridized carbons (Fsp3) is 0.312. The molecule has 10 heteroatoms. The van der Waals surface area contributed by atoms with Crippen LogP contribution in [0.2, 0.25) is 0 Å². The topological polar surface area (TPSA) is 126 Å². The third kappa shape index (κ3) is 3.18. The minimum atomic E-state index is -0.511. The van der Waals surface area contributed by atoms with Crippen LogP contribution >= 0.6 is 12.4 Å². The molecule has 0 atom stereocenters. The Labute approximate surface area is 154 Å². The second-order valence-electron chi connectivity index (χ2n) is 6.21. The number of non-ortho nitro benzene ring substituents is 1. The van der Waals surface area contributed by atoms with Gasteiger partial charge in [-0.2, -0.15) is 10.1 Å². The number of nitrogens with two attached hydrogens (primary N) is 1. The maximum atomic E-state index is 10.7. The number of aromatic nitrogens is 4. The van der Waals surface area contributed by atoms with Crippen molar-refractivity contribution in [1.29, 1.82) is 0 Å². The van der Waals surface area contributed by atoms with E-state index in [4.69, 9.17) is 10.3 Å². The van der Waals surface area contributed by atoms with E-state index >= 15 is 0 Å². The molecule has 0 amide bonds. The van der Waals surface area contributed by atoms with E-state index in [2.05, 4.69) is 15.2 Å². The van der Waals surface area contributed by atoms with Gasteiger partial charge < -0.3 is 10.3 Å². The molecule has 26 heavy (non-hydrogen) atoms. The van der Waals surface area contributed by atoms with Crippen molar-refractivity contribution < 1.29 is 9.45 Å². The molecular formula is C16H17ClN6O3. The molecule has 2 aromatic heterocycles. The lowest BCUT2D eigenvalue weighted by Gasteiger charge is -2.17. The summed E-state index contributed by atoms with van der Waals surface area (Å²) in [4.78, 5) is 14.7. The van der Waals surface area contributed by atoms with Crippen molar-refractivity contribution in [2.75, 3.05) is 0 Å². The number of hydrogen-bond acceptors (Lipinski definition) is 7. The summed E-state index contributed by atoms with van der Waals surface area (Å²) >= 11 is 0. The predicted molar refractivity (Wildman–Crippen MR) is 95.1 cm³/mol. The molecule has 3 aromatic rings. The van der Waals surface area contributed by atoms with Gasteiger partial charge in [-0.3, -0.25) is 10.1 Å². The van der Waals surface area contributed by atoms with Crippen molar-refractivity contribution in [3.8, 4) is 17.3 Å². The van der Waals surface area contributed by atoms with Crippen LogP contribution in [-0.4, -0.2) is 24.8 Å². The Morgan fingerprint density at radius 1 is 1.19 bits per heavy atom. The molecule has 0 aliphatic heterocycles. The van der Waals surface area contributed by atoms with Crippen LogP contribution in [0, 0.1) is 10.1 Å². The van der Waals surface area contributed by atoms with Crippen LogP contribution < -0.4 is 5.73 Å². The van der Waals surface area contributed by atoms with E-state index in [1.807, 2.05) is 0 Å². The largest absolute Gasteiger partial charge is 0.332 e. The lowest BCUT2D eigenvalue weighted by atomic mass is 9.99. The Morgan fingerprint density at radius 3 is 2.54 bits per heavy atom. The summed E-state index contributed by atoms with van der Waals surface area (Å²) in [6, 6.07) is 7.86. The third-order valence-corrected chi connectivity index (χ3v) is 4.50. The van der Waals surface area contributed by atoms with E-state index in [9.17, 15) is 10.1 Å². The Kier molecular flexibility index (Phi) is 4.75. The van der Waals surface area contributed by atoms with Crippen LogP contribution in [0.4, 0.5) is 5.69 Å². The number of hydrogen-bond donors (Lipinski definition) is 1. The van der Waals surface area contributed by atoms with Gasteiger partial charge in [0.2, 0.25) is 0 Å². The number of nitro benzene ring substituents is 1. The van der Waals surface area contributed by atoms with Gasteiger partial charge in [0.1, 0.15) is 0 Å². The molecule has 0 radical (unpaired) electrons. The van der Waals surface area contributed by atoms with Gasteiger partial charge >= 0.3 is 0 Å². The second kappa shape index (κ2) is 6.85. The molecule has 1 saturated carbocycles. The van der Waals surface area contributed by atoms with Crippen LogP contribution in [-0.2, 0) is 5.54 Å². The van der Waals surface area contributed by atoms with Gasteiger partial charge in [-0.05, 0) is 31.0 Å². The zero-order valence-corrected chi connectivity index (χ0v) is 14.6. The number of rotatable bonds is 4. The predicted octanol–water partition coefficient (Wildman–Crippen LogP) is 2.98. The van der Waals surface area contributed by atoms with Gasteiger partial charge in [-0.1, -0.05) is 18.0 Å². The fourth-order valence-corrected chi connectivity index (χ4v) is 3.07. The minimum Gasteiger partial charge on any atom is -0.332 e. The molecule has 0 unspecified atom stereocenters. The molecule has 1 aliphatic carbocycles. The molecule has 1 aliphatic rings. The molecule has 1 aromatic carbocycles. The molecule has 4 rings (SSSR count). The summed E-state index contributed by atoms with van der Waals surface area (Å²) in [5.41, 5.74) is 7.08. The summed E-state index contributed by atoms with van der Waals surface area (Å²) in [6.07, 6.45) is 5.56. The Morgan fingerprint density at radius 2 is 1.88 bits per heavy atom. The summed E-state index contributed by atoms with van der Waals surface area (Å²) < 4.78 is 6.92. The SMILES string of the molecule is Cl.NC1(c2noc(-c3ccn(-c4ccc([N+](=O)[O-])cc4)n3)n2)CCCC1. The van der Waals surface area contributed by atoms with Crippen molar-refractivity contribution in [2.24, 2.45) is 5.73 Å². The number of halogens is 1. The van der Waals surface area contributed by atoms with Crippen LogP contribution in [0.15, 0.2) is 41.1 Å². The van der Waals surface area contributed by atoms with E-state index in [1.54, 1.807) is 29.1 Å². The van der Waals surface area contributed by atoms with E-state index in [0.29, 0.717) is 23.1 Å². The van der Waals surface area contributed by atoms with Gasteiger partial charge in [-0.15, -0.1) is 12.4 Å². The fourth-order valence-electron chi connectivity index (χ4n) is 3.07. The van der Waals surface area contributed by atoms with Crippen molar-refractivity contribution >= 4 is 18.1 Å². The van der Waals surface area contributed by atoms with Crippen molar-refractivity contribution in [2.45, 2.75) is 31.2 Å². The summed E-state index contributed by atoms with van der Waals surface area (Å²) in [5.74, 6) is 0.831. The van der Waals surface area contributed by atoms with Crippen molar-refractivity contribution in [1.82, 2.24) is 19.9 Å². The first-order chi connectivity index (χ1) is 12.0. The summed E-state index contributed by atoms with van der Waals surface area (Å²) in [6.45, 7) is 0. The maximum Gasteiger partial charge on any atom is 0.278 e. The zero-order valence-electron chi connectivity index (χ0n) is 13.7. The van der Waals surface area contributed by atoms with Gasteiger partial charge in [-0.25, -0.2) is 4.68 Å². The number of benzene rings is 1. The van der Waals surface area contributed by atoms with Crippen LogP contribution in [0.1, 0.15) is 31.5 Å². The van der Waals surface area contributed by atoms with Crippen LogP contribution in [0.25, 0.3) is 17.3 Å². The zero-order chi connectivity index (χ0) is 17.4. The molecule has 0 bridgehead atoms. The smallest absolute Gasteiger partial charge is 0.278 e. The first-order valence-electron chi connectivity index (χ1n) is 7.99. The maximum absolute atomic E-state index is 10.7. The van der Waals surface area contributed by atoms with Gasteiger partial charge in [0.25, 0.3) is 11.6 Å². The highest BCUT2D eigenvalue weighted by molar-refractivity contribution is 5.85. The van der Waals surface area contributed by atoms with Crippen molar-refractivity contribution in [3.05, 3.63) is 52.5 Å². The van der Waals surface area contributed by atoms with E-state index in [0.717, 1.165) is 25.7 Å². The molecule has 0 spiro atoms. The van der Waals surface area contributed by atoms with Gasteiger partial charge in [0.15, 0.2) is 11.5 Å². The Bertz CT molecular complexity index is 914. The molecular weight excluding hydrogens is 360 g/mol. The Balaban J connectivity index is 0.00000196. The van der Waals surface area contributed by atoms with Crippen molar-refractivity contribution in [3.63, 3.8) is 0 Å². The van der Waals surface area contributed by atoms with Gasteiger partial charge in [0, 0.05) is 18.3 Å². The highest BCUT2D eigenvalue weighted by Gasteiger charge is 2.36. The average molecular weight is 377 g/mol. The number of nitro groups is 1. The van der Waals surface area contributed by atoms with E-state index in [-0.39, 0.29) is 18.1 Å². The molecule has 1 fully saturated rings. The van der Waals surface area contributed by atoms with E-state index < -0.39 is 10.5 Å². The lowest BCUT2D eigenvalue weighted by molar-refractivity contribution is -0.384. The van der Waals surface area contributed by atoms with Crippen LogP contribution in [0.5, 0.6) is 0 Å². The lowest BCUT2D eigenvalue weighted by Crippen LogP contribution is -2.34. The molecule has 136 valence electrons. The van der Waals surface area contributed by atoms with Crippen LogP contribution in [0.3, 0.4) is 0 Å². The summed E-state index contributed by atoms with van der Waals surface area (Å²) in [7, 11) is 0. The first kappa shape index (κ1) is 18.0. The molecule has 9 nitrogen and oxygen atoms in total. The van der Waals surface area contributed by atoms with E-state index in [1.165, 1.54) is 12.1 Å².